The van der Waals surface area contributed by atoms with E-state index >= 15 is 0 Å². The van der Waals surface area contributed by atoms with Crippen molar-refractivity contribution in [3.8, 4) is 11.1 Å². The maximum atomic E-state index is 13.4. The fourth-order valence-electron chi connectivity index (χ4n) is 2.97. The highest BCUT2D eigenvalue weighted by Crippen LogP contribution is 2.24. The van der Waals surface area contributed by atoms with Gasteiger partial charge in [0.15, 0.2) is 0 Å². The van der Waals surface area contributed by atoms with Crippen molar-refractivity contribution in [3.63, 3.8) is 0 Å². The van der Waals surface area contributed by atoms with E-state index in [1.54, 1.807) is 33.8 Å². The van der Waals surface area contributed by atoms with E-state index in [4.69, 9.17) is 4.74 Å². The Morgan fingerprint density at radius 2 is 1.68 bits per heavy atom. The van der Waals surface area contributed by atoms with E-state index in [0.29, 0.717) is 6.42 Å². The van der Waals surface area contributed by atoms with Crippen LogP contribution in [0.25, 0.3) is 11.1 Å². The zero-order chi connectivity index (χ0) is 20.9. The topological polar surface area (TPSA) is 75.6 Å². The van der Waals surface area contributed by atoms with Gasteiger partial charge in [0.25, 0.3) is 0 Å². The van der Waals surface area contributed by atoms with Gasteiger partial charge in [-0.3, -0.25) is 4.79 Å². The minimum absolute atomic E-state index is 0.252. The van der Waals surface area contributed by atoms with E-state index in [2.05, 4.69) is 5.32 Å². The Bertz CT molecular complexity index is 842. The van der Waals surface area contributed by atoms with Crippen molar-refractivity contribution in [1.29, 1.82) is 0 Å². The van der Waals surface area contributed by atoms with Crippen molar-refractivity contribution in [3.05, 3.63) is 59.9 Å². The number of halogens is 1. The molecule has 0 fully saturated rings. The van der Waals surface area contributed by atoms with Crippen LogP contribution in [0.3, 0.4) is 0 Å². The van der Waals surface area contributed by atoms with Gasteiger partial charge in [-0.1, -0.05) is 36.4 Å². The van der Waals surface area contributed by atoms with Gasteiger partial charge in [0, 0.05) is 0 Å². The molecule has 0 saturated carbocycles. The van der Waals surface area contributed by atoms with Gasteiger partial charge in [0.05, 0.1) is 12.0 Å². The number of amides is 1. The number of benzene rings is 2. The highest BCUT2D eigenvalue weighted by atomic mass is 19.1. The van der Waals surface area contributed by atoms with Crippen molar-refractivity contribution in [2.24, 2.45) is 0 Å². The molecule has 0 radical (unpaired) electrons. The Morgan fingerprint density at radius 3 is 2.21 bits per heavy atom. The first-order valence-electron chi connectivity index (χ1n) is 9.04. The highest BCUT2D eigenvalue weighted by molar-refractivity contribution is 5.73. The number of alkyl carbamates (subject to hydrolysis) is 1. The molecule has 2 N–H and O–H groups in total. The van der Waals surface area contributed by atoms with Crippen molar-refractivity contribution in [2.45, 2.75) is 51.7 Å². The maximum absolute atomic E-state index is 13.4. The number of carboxylic acid groups (broad SMARTS) is 1. The lowest BCUT2D eigenvalue weighted by atomic mass is 9.89. The van der Waals surface area contributed by atoms with E-state index in [9.17, 15) is 19.1 Å². The fourth-order valence-corrected chi connectivity index (χ4v) is 2.97. The Kier molecular flexibility index (Phi) is 6.44. The average molecular weight is 387 g/mol. The van der Waals surface area contributed by atoms with Crippen LogP contribution < -0.4 is 5.32 Å². The molecule has 6 heteroatoms. The van der Waals surface area contributed by atoms with Crippen LogP contribution in [-0.2, 0) is 16.0 Å². The number of rotatable bonds is 6. The molecule has 0 spiro atoms. The first kappa shape index (κ1) is 21.4. The van der Waals surface area contributed by atoms with Crippen molar-refractivity contribution in [1.82, 2.24) is 5.32 Å². The monoisotopic (exact) mass is 387 g/mol. The molecule has 28 heavy (non-hydrogen) atoms. The number of ether oxygens (including phenoxy) is 1. The lowest BCUT2D eigenvalue weighted by Gasteiger charge is -2.31. The molecule has 0 bridgehead atoms. The van der Waals surface area contributed by atoms with Gasteiger partial charge in [-0.2, -0.15) is 0 Å². The van der Waals surface area contributed by atoms with Gasteiger partial charge < -0.3 is 15.2 Å². The third-order valence-electron chi connectivity index (χ3n) is 4.05. The minimum Gasteiger partial charge on any atom is -0.481 e. The number of carboxylic acids is 1. The Balaban J connectivity index is 2.17. The lowest BCUT2D eigenvalue weighted by molar-refractivity contribution is -0.138. The van der Waals surface area contributed by atoms with Crippen LogP contribution in [0.15, 0.2) is 48.5 Å². The first-order valence-corrected chi connectivity index (χ1v) is 9.04. The third-order valence-corrected chi connectivity index (χ3v) is 4.05. The summed E-state index contributed by atoms with van der Waals surface area (Å²) in [5.41, 5.74) is 0.755. The number of aliphatic carboxylic acids is 1. The Hall–Kier alpha value is -2.89. The lowest BCUT2D eigenvalue weighted by Crippen LogP contribution is -2.50. The van der Waals surface area contributed by atoms with E-state index in [1.807, 2.05) is 30.3 Å². The predicted molar refractivity (Wildman–Crippen MR) is 106 cm³/mol. The second-order valence-corrected chi connectivity index (χ2v) is 8.14. The van der Waals surface area contributed by atoms with Crippen LogP contribution in [0.5, 0.6) is 0 Å². The molecule has 0 unspecified atom stereocenters. The molecular weight excluding hydrogens is 361 g/mol. The summed E-state index contributed by atoms with van der Waals surface area (Å²) in [6.07, 6.45) is -0.604. The molecule has 2 aromatic carbocycles. The molecule has 0 aliphatic carbocycles. The summed E-state index contributed by atoms with van der Waals surface area (Å²) >= 11 is 0. The Labute approximate surface area is 164 Å². The summed E-state index contributed by atoms with van der Waals surface area (Å²) in [4.78, 5) is 23.5. The number of hydrogen-bond acceptors (Lipinski definition) is 3. The summed E-state index contributed by atoms with van der Waals surface area (Å²) < 4.78 is 18.7. The summed E-state index contributed by atoms with van der Waals surface area (Å²) in [5, 5.41) is 12.0. The second kappa shape index (κ2) is 8.42. The molecule has 1 atom stereocenters. The van der Waals surface area contributed by atoms with Gasteiger partial charge >= 0.3 is 12.1 Å². The van der Waals surface area contributed by atoms with Crippen LogP contribution in [-0.4, -0.2) is 28.3 Å². The zero-order valence-electron chi connectivity index (χ0n) is 16.6. The molecule has 2 rings (SSSR count). The molecule has 2 aromatic rings. The van der Waals surface area contributed by atoms with Gasteiger partial charge in [-0.15, -0.1) is 0 Å². The summed E-state index contributed by atoms with van der Waals surface area (Å²) in [6.45, 7) is 6.90. The standard InChI is InChI=1S/C22H26FNO4/c1-21(2,3)28-20(27)24-22(4,14-19(25)26)13-15-8-10-16(11-9-15)17-6-5-7-18(23)12-17/h5-12H,13-14H2,1-4H3,(H,24,27)(H,25,26)/t22-/m0/s1. The maximum Gasteiger partial charge on any atom is 0.408 e. The van der Waals surface area contributed by atoms with E-state index in [0.717, 1.165) is 16.7 Å². The molecule has 0 aliphatic heterocycles. The normalized spacial score (nSPS) is 13.5. The smallest absolute Gasteiger partial charge is 0.408 e. The van der Waals surface area contributed by atoms with E-state index in [1.165, 1.54) is 12.1 Å². The summed E-state index contributed by atoms with van der Waals surface area (Å²) in [5.74, 6) is -1.33. The molecule has 0 heterocycles. The van der Waals surface area contributed by atoms with Crippen molar-refractivity contribution < 1.29 is 23.8 Å². The summed E-state index contributed by atoms with van der Waals surface area (Å²) in [6, 6.07) is 13.7. The van der Waals surface area contributed by atoms with Crippen LogP contribution in [0, 0.1) is 5.82 Å². The average Bonchev–Trinajstić information content (AvgIpc) is 2.52. The number of carbonyl (C=O) groups excluding carboxylic acids is 1. The quantitative estimate of drug-likeness (QED) is 0.747. The van der Waals surface area contributed by atoms with E-state index < -0.39 is 23.2 Å². The number of hydrogen-bond donors (Lipinski definition) is 2. The van der Waals surface area contributed by atoms with Crippen molar-refractivity contribution in [2.75, 3.05) is 0 Å². The largest absolute Gasteiger partial charge is 0.481 e. The molecule has 0 saturated heterocycles. The van der Waals surface area contributed by atoms with Gasteiger partial charge in [0.2, 0.25) is 0 Å². The predicted octanol–water partition coefficient (Wildman–Crippen LogP) is 4.79. The van der Waals surface area contributed by atoms with Crippen LogP contribution in [0.2, 0.25) is 0 Å². The highest BCUT2D eigenvalue weighted by Gasteiger charge is 2.31. The molecule has 1 amide bonds. The van der Waals surface area contributed by atoms with Crippen LogP contribution in [0.1, 0.15) is 39.7 Å². The summed E-state index contributed by atoms with van der Waals surface area (Å²) in [7, 11) is 0. The van der Waals surface area contributed by atoms with Gasteiger partial charge in [-0.05, 0) is 62.9 Å². The van der Waals surface area contributed by atoms with Crippen molar-refractivity contribution >= 4 is 12.1 Å². The SMILES string of the molecule is CC(C)(C)OC(=O)N[C@](C)(CC(=O)O)Cc1ccc(-c2cccc(F)c2)cc1. The number of carbonyl (C=O) groups is 2. The molecular formula is C22H26FNO4. The molecule has 0 aromatic heterocycles. The molecule has 150 valence electrons. The van der Waals surface area contributed by atoms with E-state index in [-0.39, 0.29) is 12.2 Å². The van der Waals surface area contributed by atoms with Gasteiger partial charge in [0.1, 0.15) is 11.4 Å². The van der Waals surface area contributed by atoms with Gasteiger partial charge in [-0.25, -0.2) is 9.18 Å². The Morgan fingerprint density at radius 1 is 1.04 bits per heavy atom. The minimum atomic E-state index is -1.02. The zero-order valence-corrected chi connectivity index (χ0v) is 16.6. The van der Waals surface area contributed by atoms with Crippen LogP contribution in [0.4, 0.5) is 9.18 Å². The third kappa shape index (κ3) is 6.68. The number of nitrogens with one attached hydrogen (secondary N) is 1. The molecule has 0 aliphatic rings. The fraction of sp³-hybridized carbons (Fsp3) is 0.364. The molecule has 5 nitrogen and oxygen atoms in total. The second-order valence-electron chi connectivity index (χ2n) is 8.14. The first-order chi connectivity index (χ1) is 13.0. The van der Waals surface area contributed by atoms with Crippen LogP contribution >= 0.6 is 0 Å².